The van der Waals surface area contributed by atoms with Gasteiger partial charge in [-0.1, -0.05) is 0 Å². The molecule has 0 aliphatic rings. The lowest BCUT2D eigenvalue weighted by Crippen LogP contribution is -2.07. The van der Waals surface area contributed by atoms with Crippen molar-refractivity contribution in [3.05, 3.63) is 0 Å². The molecule has 0 saturated heterocycles. The minimum Gasteiger partial charge on any atom is -0.162 e. The van der Waals surface area contributed by atoms with Crippen LogP contribution in [0, 0.1) is 0 Å². The van der Waals surface area contributed by atoms with E-state index in [1.807, 2.05) is 0 Å². The van der Waals surface area contributed by atoms with Crippen LogP contribution in [-0.4, -0.2) is 37.5 Å². The van der Waals surface area contributed by atoms with Crippen molar-refractivity contribution in [3.8, 4) is 0 Å². The Balaban J connectivity index is 3.89. The Labute approximate surface area is 104 Å². The van der Waals surface area contributed by atoms with Crippen molar-refractivity contribution in [1.29, 1.82) is 0 Å². The maximum Gasteiger partial charge on any atom is 0.524 e. The first kappa shape index (κ1) is 15.5. The molecule has 0 heterocycles. The summed E-state index contributed by atoms with van der Waals surface area (Å²) in [5.41, 5.74) is 0. The molecule has 8 heteroatoms. The Bertz CT molecular complexity index is 118. The smallest absolute Gasteiger partial charge is 0.162 e. The normalized spacial score (nSPS) is 12.0. The lowest BCUT2D eigenvalue weighted by atomic mass is 10.9. The summed E-state index contributed by atoms with van der Waals surface area (Å²) in [5, 5.41) is 0. The number of alkyl halides is 3. The Morgan fingerprint density at radius 2 is 1.00 bits per heavy atom. The molecular weight excluding hydrogens is 293 g/mol. The highest BCUT2D eigenvalue weighted by atomic mass is 35.7. The largest absolute Gasteiger partial charge is 0.524 e. The fourth-order valence-corrected chi connectivity index (χ4v) is 2.87. The summed E-state index contributed by atoms with van der Waals surface area (Å²) >= 11 is 22.3. The van der Waals surface area contributed by atoms with Gasteiger partial charge in [0.1, 0.15) is 19.8 Å². The predicted octanol–water partition coefficient (Wildman–Crippen LogP) is 3.67. The summed E-state index contributed by atoms with van der Waals surface area (Å²) < 4.78 is 15.5. The molecular formula is C6H12Cl4O3P+. The fourth-order valence-electron chi connectivity index (χ4n) is 0.542. The van der Waals surface area contributed by atoms with Gasteiger partial charge in [-0.15, -0.1) is 34.8 Å². The zero-order valence-electron chi connectivity index (χ0n) is 7.43. The second-order valence-electron chi connectivity index (χ2n) is 2.00. The monoisotopic (exact) mass is 303 g/mol. The molecule has 0 aliphatic heterocycles. The minimum atomic E-state index is -2.80. The van der Waals surface area contributed by atoms with Crippen LogP contribution in [0.4, 0.5) is 0 Å². The van der Waals surface area contributed by atoms with Crippen LogP contribution in [0.25, 0.3) is 0 Å². The van der Waals surface area contributed by atoms with Crippen LogP contribution in [0.2, 0.25) is 0 Å². The van der Waals surface area contributed by atoms with Crippen molar-refractivity contribution >= 4 is 53.3 Å². The molecule has 0 atom stereocenters. The summed E-state index contributed by atoms with van der Waals surface area (Å²) in [4.78, 5) is 0. The quantitative estimate of drug-likeness (QED) is 0.480. The van der Waals surface area contributed by atoms with E-state index in [2.05, 4.69) is 0 Å². The van der Waals surface area contributed by atoms with Crippen LogP contribution >= 0.6 is 53.3 Å². The summed E-state index contributed by atoms with van der Waals surface area (Å²) in [6.07, 6.45) is 0. The zero-order valence-corrected chi connectivity index (χ0v) is 11.3. The van der Waals surface area contributed by atoms with E-state index in [9.17, 15) is 0 Å². The van der Waals surface area contributed by atoms with Gasteiger partial charge in [0.25, 0.3) is 0 Å². The van der Waals surface area contributed by atoms with Gasteiger partial charge in [0.15, 0.2) is 11.2 Å². The third-order valence-corrected chi connectivity index (χ3v) is 3.78. The van der Waals surface area contributed by atoms with Crippen LogP contribution < -0.4 is 0 Å². The van der Waals surface area contributed by atoms with Gasteiger partial charge < -0.3 is 0 Å². The Morgan fingerprint density at radius 1 is 0.714 bits per heavy atom. The lowest BCUT2D eigenvalue weighted by molar-refractivity contribution is 0.169. The van der Waals surface area contributed by atoms with E-state index < -0.39 is 7.30 Å². The zero-order chi connectivity index (χ0) is 10.9. The second kappa shape index (κ2) is 9.68. The molecule has 3 nitrogen and oxygen atoms in total. The molecule has 0 aliphatic carbocycles. The molecule has 86 valence electrons. The van der Waals surface area contributed by atoms with Crippen LogP contribution in [0.5, 0.6) is 0 Å². The summed E-state index contributed by atoms with van der Waals surface area (Å²) in [7, 11) is -2.80. The molecule has 0 spiro atoms. The highest BCUT2D eigenvalue weighted by Gasteiger charge is 2.44. The van der Waals surface area contributed by atoms with Gasteiger partial charge in [0.2, 0.25) is 0 Å². The third kappa shape index (κ3) is 7.72. The topological polar surface area (TPSA) is 27.7 Å². The van der Waals surface area contributed by atoms with Crippen LogP contribution in [0.15, 0.2) is 0 Å². The molecule has 0 unspecified atom stereocenters. The SMILES string of the molecule is ClCCO[P+](Cl)(OCCCl)OCCCl. The molecule has 0 N–H and O–H groups in total. The number of hydrogen-bond donors (Lipinski definition) is 0. The van der Waals surface area contributed by atoms with Crippen molar-refractivity contribution in [2.45, 2.75) is 0 Å². The van der Waals surface area contributed by atoms with Gasteiger partial charge in [-0.3, -0.25) is 0 Å². The average molecular weight is 305 g/mol. The van der Waals surface area contributed by atoms with E-state index in [1.165, 1.54) is 0 Å². The van der Waals surface area contributed by atoms with Gasteiger partial charge in [0.05, 0.1) is 17.6 Å². The van der Waals surface area contributed by atoms with Gasteiger partial charge >= 0.3 is 7.30 Å². The minimum absolute atomic E-state index is 0.267. The first-order valence-corrected chi connectivity index (χ1v) is 7.94. The summed E-state index contributed by atoms with van der Waals surface area (Å²) in [6.45, 7) is 0.802. The molecule has 0 radical (unpaired) electrons. The van der Waals surface area contributed by atoms with Crippen molar-refractivity contribution in [2.24, 2.45) is 0 Å². The van der Waals surface area contributed by atoms with E-state index in [0.29, 0.717) is 17.6 Å². The summed E-state index contributed by atoms with van der Waals surface area (Å²) in [5.74, 6) is 0.967. The average Bonchev–Trinajstić information content (AvgIpc) is 2.21. The number of halogens is 4. The number of hydrogen-bond acceptors (Lipinski definition) is 3. The third-order valence-electron chi connectivity index (χ3n) is 0.968. The van der Waals surface area contributed by atoms with Crippen LogP contribution in [0.1, 0.15) is 0 Å². The lowest BCUT2D eigenvalue weighted by Gasteiger charge is -2.12. The molecule has 0 aromatic rings. The molecule has 0 saturated carbocycles. The molecule has 0 aromatic carbocycles. The standard InChI is InChI=1S/C6H12Cl4O3P/c7-1-4-11-14(10,12-5-2-8)13-6-3-9/h1-6H2/q+1. The summed E-state index contributed by atoms with van der Waals surface area (Å²) in [6, 6.07) is 0. The highest BCUT2D eigenvalue weighted by Crippen LogP contribution is 2.67. The Kier molecular flexibility index (Phi) is 10.7. The van der Waals surface area contributed by atoms with Crippen molar-refractivity contribution in [2.75, 3.05) is 37.5 Å². The van der Waals surface area contributed by atoms with Crippen molar-refractivity contribution in [1.82, 2.24) is 0 Å². The van der Waals surface area contributed by atoms with Gasteiger partial charge in [-0.25, -0.2) is 0 Å². The maximum atomic E-state index is 5.94. The Hall–Kier alpha value is 1.47. The number of rotatable bonds is 9. The van der Waals surface area contributed by atoms with Gasteiger partial charge in [-0.05, 0) is 0 Å². The Morgan fingerprint density at radius 3 is 1.21 bits per heavy atom. The second-order valence-corrected chi connectivity index (χ2v) is 6.01. The molecule has 0 rings (SSSR count). The predicted molar refractivity (Wildman–Crippen MR) is 62.8 cm³/mol. The fraction of sp³-hybridized carbons (Fsp3) is 1.00. The van der Waals surface area contributed by atoms with E-state index in [0.717, 1.165) is 0 Å². The van der Waals surface area contributed by atoms with Crippen LogP contribution in [-0.2, 0) is 13.6 Å². The van der Waals surface area contributed by atoms with E-state index in [4.69, 9.17) is 59.6 Å². The first-order chi connectivity index (χ1) is 6.68. The van der Waals surface area contributed by atoms with Gasteiger partial charge in [0, 0.05) is 0 Å². The van der Waals surface area contributed by atoms with E-state index >= 15 is 0 Å². The molecule has 0 aromatic heterocycles. The van der Waals surface area contributed by atoms with E-state index in [-0.39, 0.29) is 19.8 Å². The molecule has 0 amide bonds. The van der Waals surface area contributed by atoms with Crippen molar-refractivity contribution < 1.29 is 13.6 Å². The highest BCUT2D eigenvalue weighted by molar-refractivity contribution is 7.87. The van der Waals surface area contributed by atoms with Gasteiger partial charge in [-0.2, -0.15) is 13.6 Å². The molecule has 14 heavy (non-hydrogen) atoms. The van der Waals surface area contributed by atoms with Crippen LogP contribution in [0.3, 0.4) is 0 Å². The first-order valence-electron chi connectivity index (χ1n) is 3.88. The molecule has 0 bridgehead atoms. The maximum absolute atomic E-state index is 5.94. The van der Waals surface area contributed by atoms with E-state index in [1.54, 1.807) is 0 Å². The molecule has 0 fully saturated rings. The van der Waals surface area contributed by atoms with Crippen molar-refractivity contribution in [3.63, 3.8) is 0 Å².